The van der Waals surface area contributed by atoms with Gasteiger partial charge in [-0.15, -0.1) is 5.10 Å². The summed E-state index contributed by atoms with van der Waals surface area (Å²) in [6, 6.07) is 3.50. The predicted molar refractivity (Wildman–Crippen MR) is 213 cm³/mol. The molecule has 0 aliphatic rings. The SMILES string of the molecule is NC(=O)NCCCC(NC=O)C(=O)Nc1ccc(COC=O)c(COCc2cn(CCOCCOCCOCCOCCOCCOCCOCCOCCC(=O)O)nn2)c1. The number of nitrogens with zero attached hydrogens (tertiary/aromatic N) is 3. The molecule has 0 saturated carbocycles. The van der Waals surface area contributed by atoms with Gasteiger partial charge in [0.2, 0.25) is 12.3 Å². The van der Waals surface area contributed by atoms with Crippen molar-refractivity contribution in [3.05, 3.63) is 41.2 Å². The van der Waals surface area contributed by atoms with Gasteiger partial charge in [-0.2, -0.15) is 0 Å². The van der Waals surface area contributed by atoms with Crippen LogP contribution >= 0.6 is 0 Å². The van der Waals surface area contributed by atoms with Crippen LogP contribution in [0.25, 0.3) is 0 Å². The number of carbonyl (C=O) groups excluding carboxylic acids is 4. The van der Waals surface area contributed by atoms with Crippen molar-refractivity contribution in [2.75, 3.05) is 118 Å². The molecule has 1 unspecified atom stereocenters. The van der Waals surface area contributed by atoms with Crippen molar-refractivity contribution in [2.45, 2.75) is 51.7 Å². The van der Waals surface area contributed by atoms with Crippen molar-refractivity contribution < 1.29 is 76.4 Å². The van der Waals surface area contributed by atoms with E-state index in [-0.39, 0.29) is 45.8 Å². The highest BCUT2D eigenvalue weighted by atomic mass is 16.6. The molecule has 0 fully saturated rings. The largest absolute Gasteiger partial charge is 0.481 e. The van der Waals surface area contributed by atoms with Crippen LogP contribution in [-0.4, -0.2) is 169 Å². The number of rotatable bonds is 42. The summed E-state index contributed by atoms with van der Waals surface area (Å²) in [6.45, 7) is 7.78. The molecule has 61 heavy (non-hydrogen) atoms. The molecule has 344 valence electrons. The summed E-state index contributed by atoms with van der Waals surface area (Å²) in [4.78, 5) is 56.0. The van der Waals surface area contributed by atoms with E-state index in [1.807, 2.05) is 0 Å². The molecule has 0 aliphatic heterocycles. The Hall–Kier alpha value is -4.85. The second-order valence-corrected chi connectivity index (χ2v) is 12.7. The third kappa shape index (κ3) is 28.3. The lowest BCUT2D eigenvalue weighted by Gasteiger charge is -2.17. The summed E-state index contributed by atoms with van der Waals surface area (Å²) in [7, 11) is 0. The number of carboxylic acids is 1. The van der Waals surface area contributed by atoms with E-state index in [4.69, 9.17) is 58.2 Å². The Kier molecular flexibility index (Phi) is 30.7. The summed E-state index contributed by atoms with van der Waals surface area (Å²) in [5.41, 5.74) is 7.41. The van der Waals surface area contributed by atoms with Crippen LogP contribution < -0.4 is 21.7 Å². The fraction of sp³-hybridized carbons (Fsp3) is 0.658. The Morgan fingerprint density at radius 3 is 1.80 bits per heavy atom. The second-order valence-electron chi connectivity index (χ2n) is 12.7. The zero-order valence-corrected chi connectivity index (χ0v) is 34.5. The molecule has 1 heterocycles. The zero-order valence-electron chi connectivity index (χ0n) is 34.5. The van der Waals surface area contributed by atoms with Crippen LogP contribution in [0.5, 0.6) is 0 Å². The second kappa shape index (κ2) is 35.9. The first-order valence-electron chi connectivity index (χ1n) is 19.8. The number of hydrogen-bond acceptors (Lipinski definition) is 17. The minimum absolute atomic E-state index is 0.000809. The number of ether oxygens (including phenoxy) is 10. The number of primary amides is 1. The van der Waals surface area contributed by atoms with E-state index in [1.165, 1.54) is 0 Å². The van der Waals surface area contributed by atoms with E-state index >= 15 is 0 Å². The minimum atomic E-state index is -0.890. The van der Waals surface area contributed by atoms with Crippen molar-refractivity contribution in [3.8, 4) is 0 Å². The van der Waals surface area contributed by atoms with Gasteiger partial charge in [0.05, 0.1) is 138 Å². The summed E-state index contributed by atoms with van der Waals surface area (Å²) in [5.74, 6) is -1.34. The van der Waals surface area contributed by atoms with E-state index < -0.39 is 23.9 Å². The van der Waals surface area contributed by atoms with E-state index in [1.54, 1.807) is 29.1 Å². The van der Waals surface area contributed by atoms with Gasteiger partial charge in [-0.3, -0.25) is 19.2 Å². The van der Waals surface area contributed by atoms with Crippen molar-refractivity contribution >= 4 is 36.5 Å². The van der Waals surface area contributed by atoms with E-state index in [2.05, 4.69) is 26.3 Å². The molecule has 1 aromatic carbocycles. The Morgan fingerprint density at radius 1 is 0.721 bits per heavy atom. The number of benzene rings is 1. The minimum Gasteiger partial charge on any atom is -0.481 e. The number of carboxylic acid groups (broad SMARTS) is 1. The molecule has 0 spiro atoms. The molecule has 0 aliphatic carbocycles. The molecule has 0 radical (unpaired) electrons. The lowest BCUT2D eigenvalue weighted by molar-refractivity contribution is -0.138. The maximum absolute atomic E-state index is 12.9. The number of anilines is 1. The number of urea groups is 1. The molecule has 23 nitrogen and oxygen atoms in total. The molecule has 1 atom stereocenters. The Morgan fingerprint density at radius 2 is 1.28 bits per heavy atom. The van der Waals surface area contributed by atoms with Gasteiger partial charge in [-0.05, 0) is 36.1 Å². The van der Waals surface area contributed by atoms with Crippen LogP contribution in [0.1, 0.15) is 36.1 Å². The van der Waals surface area contributed by atoms with E-state index in [0.717, 1.165) is 0 Å². The quantitative estimate of drug-likeness (QED) is 0.0426. The molecule has 4 amide bonds. The summed E-state index contributed by atoms with van der Waals surface area (Å²) >= 11 is 0. The Balaban J connectivity index is 1.48. The molecule has 0 saturated heterocycles. The van der Waals surface area contributed by atoms with Gasteiger partial charge in [-0.1, -0.05) is 11.3 Å². The van der Waals surface area contributed by atoms with Crippen molar-refractivity contribution in [1.29, 1.82) is 0 Å². The van der Waals surface area contributed by atoms with Crippen LogP contribution in [0.4, 0.5) is 10.5 Å². The molecule has 2 rings (SSSR count). The summed E-state index contributed by atoms with van der Waals surface area (Å²) in [5, 5.41) is 24.4. The maximum atomic E-state index is 12.9. The highest BCUT2D eigenvalue weighted by Crippen LogP contribution is 2.19. The number of nitrogens with one attached hydrogen (secondary N) is 3. The third-order valence-corrected chi connectivity index (χ3v) is 7.96. The summed E-state index contributed by atoms with van der Waals surface area (Å²) < 4.78 is 55.9. The highest BCUT2D eigenvalue weighted by molar-refractivity contribution is 5.95. The molecule has 0 bridgehead atoms. The van der Waals surface area contributed by atoms with Crippen LogP contribution in [0.3, 0.4) is 0 Å². The average Bonchev–Trinajstić information content (AvgIpc) is 3.70. The van der Waals surface area contributed by atoms with Gasteiger partial charge in [0.15, 0.2) is 0 Å². The lowest BCUT2D eigenvalue weighted by atomic mass is 10.1. The first-order valence-corrected chi connectivity index (χ1v) is 19.8. The van der Waals surface area contributed by atoms with E-state index in [0.29, 0.717) is 147 Å². The topological polar surface area (TPSA) is 291 Å². The predicted octanol–water partition coefficient (Wildman–Crippen LogP) is -0.223. The molecule has 23 heteroatoms. The van der Waals surface area contributed by atoms with Crippen LogP contribution in [0.15, 0.2) is 24.4 Å². The maximum Gasteiger partial charge on any atom is 0.312 e. The lowest BCUT2D eigenvalue weighted by Crippen LogP contribution is -2.40. The molecular weight excluding hydrogens is 810 g/mol. The van der Waals surface area contributed by atoms with E-state index in [9.17, 15) is 24.0 Å². The standard InChI is InChI=1S/C38H61N7O16/c39-38(51)40-6-1-2-35(41-29-46)37(50)42-33-4-3-31(26-61-30-47)32(24-33)27-60-28-34-25-45(44-43-34)7-9-53-11-13-55-15-17-57-19-21-59-23-22-58-20-18-56-16-14-54-12-10-52-8-5-36(48)49/h3-4,24-25,29-30,35H,1-2,5-23,26-28H2,(H,41,46)(H,42,50)(H,48,49)(H3,39,40,51). The number of aromatic nitrogens is 3. The van der Waals surface area contributed by atoms with Gasteiger partial charge in [0.1, 0.15) is 18.3 Å². The average molecular weight is 872 g/mol. The van der Waals surface area contributed by atoms with Crippen molar-refractivity contribution in [1.82, 2.24) is 25.6 Å². The van der Waals surface area contributed by atoms with Gasteiger partial charge >= 0.3 is 12.0 Å². The van der Waals surface area contributed by atoms with Crippen LogP contribution in [0.2, 0.25) is 0 Å². The van der Waals surface area contributed by atoms with Gasteiger partial charge in [0.25, 0.3) is 6.47 Å². The van der Waals surface area contributed by atoms with Crippen LogP contribution in [0, 0.1) is 0 Å². The van der Waals surface area contributed by atoms with Crippen LogP contribution in [-0.2, 0) is 92.9 Å². The molecular formula is C38H61N7O16. The monoisotopic (exact) mass is 871 g/mol. The smallest absolute Gasteiger partial charge is 0.312 e. The van der Waals surface area contributed by atoms with Gasteiger partial charge < -0.3 is 74.2 Å². The summed E-state index contributed by atoms with van der Waals surface area (Å²) in [6.07, 6.45) is 2.82. The Bertz CT molecular complexity index is 1490. The highest BCUT2D eigenvalue weighted by Gasteiger charge is 2.18. The molecule has 1 aromatic heterocycles. The normalized spacial score (nSPS) is 11.5. The first-order chi connectivity index (χ1) is 29.8. The van der Waals surface area contributed by atoms with Gasteiger partial charge in [0, 0.05) is 12.2 Å². The molecule has 2 aromatic rings. The number of aliphatic carboxylic acids is 1. The van der Waals surface area contributed by atoms with Crippen molar-refractivity contribution in [3.63, 3.8) is 0 Å². The third-order valence-electron chi connectivity index (χ3n) is 7.96. The molecule has 6 N–H and O–H groups in total. The fourth-order valence-electron chi connectivity index (χ4n) is 4.96. The number of carbonyl (C=O) groups is 5. The van der Waals surface area contributed by atoms with Gasteiger partial charge in [-0.25, -0.2) is 9.48 Å². The number of hydrogen-bond donors (Lipinski definition) is 5. The fourth-order valence-corrected chi connectivity index (χ4v) is 4.96. The number of amides is 4. The number of nitrogens with two attached hydrogens (primary N) is 1. The zero-order chi connectivity index (χ0) is 44.0. The first kappa shape index (κ1) is 52.3. The van der Waals surface area contributed by atoms with Crippen molar-refractivity contribution in [2.24, 2.45) is 5.73 Å². The Labute approximate surface area is 354 Å².